The van der Waals surface area contributed by atoms with Crippen molar-refractivity contribution in [1.82, 2.24) is 4.98 Å². The van der Waals surface area contributed by atoms with E-state index in [2.05, 4.69) is 48.1 Å². The first kappa shape index (κ1) is 13.6. The first-order chi connectivity index (χ1) is 6.73. The van der Waals surface area contributed by atoms with Gasteiger partial charge in [0.1, 0.15) is 0 Å². The number of nitrogens with zero attached hydrogens (tertiary/aromatic N) is 2. The molecule has 1 heterocycles. The summed E-state index contributed by atoms with van der Waals surface area (Å²) in [6.07, 6.45) is 1.91. The van der Waals surface area contributed by atoms with Crippen LogP contribution in [0.2, 0.25) is 29.6 Å². The van der Waals surface area contributed by atoms with Crippen LogP contribution in [0, 0.1) is 0 Å². The van der Waals surface area contributed by atoms with Crippen molar-refractivity contribution in [2.45, 2.75) is 29.6 Å². The molecule has 15 heavy (non-hydrogen) atoms. The summed E-state index contributed by atoms with van der Waals surface area (Å²) in [6.45, 7) is 0. The molecule has 0 saturated carbocycles. The second kappa shape index (κ2) is 4.82. The van der Waals surface area contributed by atoms with Crippen LogP contribution in [0.5, 0.6) is 0 Å². The van der Waals surface area contributed by atoms with Gasteiger partial charge >= 0.3 is 103 Å². The summed E-state index contributed by atoms with van der Waals surface area (Å²) in [5.74, 6) is 1.23. The first-order valence-corrected chi connectivity index (χ1v) is 25.1. The van der Waals surface area contributed by atoms with E-state index in [0.29, 0.717) is 0 Å². The van der Waals surface area contributed by atoms with Crippen molar-refractivity contribution in [2.24, 2.45) is 0 Å². The minimum absolute atomic E-state index is 1.23. The van der Waals surface area contributed by atoms with Crippen molar-refractivity contribution in [3.63, 3.8) is 0 Å². The maximum atomic E-state index is 4.54. The molecule has 0 radical (unpaired) electrons. The summed E-state index contributed by atoms with van der Waals surface area (Å²) >= 11 is -4.10. The Morgan fingerprint density at radius 3 is 1.80 bits per heavy atom. The molecule has 0 saturated heterocycles. The molecular weight excluding hydrogens is 398 g/mol. The molecule has 2 nitrogen and oxygen atoms in total. The van der Waals surface area contributed by atoms with Crippen LogP contribution in [0.1, 0.15) is 0 Å². The summed E-state index contributed by atoms with van der Waals surface area (Å²) in [7, 11) is 0. The number of anilines is 1. The molecule has 0 fully saturated rings. The molecule has 0 amide bonds. The van der Waals surface area contributed by atoms with E-state index in [1.807, 2.05) is 12.3 Å². The fraction of sp³-hybridized carbons (Fsp3) is 0.545. The average molecular weight is 420 g/mol. The fourth-order valence-electron chi connectivity index (χ4n) is 2.18. The standard InChI is InChI=1S/C5H4N2.6CH3.2Sn/c6-5-3-1-2-4-7-5;;;;;;;;/h1-4H;6*1H3;;. The Hall–Kier alpha value is 0.547. The molecule has 0 bridgehead atoms. The molecular formula is C11H22N2Sn2. The van der Waals surface area contributed by atoms with E-state index in [0.717, 1.165) is 0 Å². The predicted octanol–water partition coefficient (Wildman–Crippen LogP) is 3.56. The number of rotatable bonds is 3. The van der Waals surface area contributed by atoms with Gasteiger partial charge in [-0.3, -0.25) is 0 Å². The summed E-state index contributed by atoms with van der Waals surface area (Å²) in [5, 5.41) is 0. The fourth-order valence-corrected chi connectivity index (χ4v) is 51.1. The monoisotopic (exact) mass is 422 g/mol. The van der Waals surface area contributed by atoms with Gasteiger partial charge in [0.05, 0.1) is 0 Å². The Morgan fingerprint density at radius 2 is 1.47 bits per heavy atom. The molecule has 0 atom stereocenters. The van der Waals surface area contributed by atoms with E-state index >= 15 is 0 Å². The van der Waals surface area contributed by atoms with Crippen molar-refractivity contribution in [3.8, 4) is 0 Å². The number of aromatic nitrogens is 1. The SMILES string of the molecule is [CH3][Sn]([CH3])([CH3])[N](c1ccccn1)[Sn]([CH3])([CH3])[CH3]. The minimum atomic E-state index is -2.05. The van der Waals surface area contributed by atoms with Gasteiger partial charge in [0.25, 0.3) is 0 Å². The zero-order valence-electron chi connectivity index (χ0n) is 10.7. The zero-order valence-corrected chi connectivity index (χ0v) is 16.4. The maximum absolute atomic E-state index is 4.54. The Balaban J connectivity index is 3.15. The topological polar surface area (TPSA) is 16.1 Å². The van der Waals surface area contributed by atoms with Crippen LogP contribution in [0.25, 0.3) is 0 Å². The van der Waals surface area contributed by atoms with E-state index in [1.54, 1.807) is 0 Å². The van der Waals surface area contributed by atoms with Gasteiger partial charge < -0.3 is 0 Å². The Kier molecular flexibility index (Phi) is 4.37. The van der Waals surface area contributed by atoms with Crippen LogP contribution in [0.3, 0.4) is 0 Å². The molecule has 4 heteroatoms. The molecule has 1 aromatic rings. The van der Waals surface area contributed by atoms with Gasteiger partial charge in [-0.1, -0.05) is 0 Å². The normalized spacial score (nSPS) is 12.7. The van der Waals surface area contributed by atoms with E-state index in [1.165, 1.54) is 5.82 Å². The van der Waals surface area contributed by atoms with Gasteiger partial charge in [0.15, 0.2) is 0 Å². The molecule has 0 aliphatic carbocycles. The Labute approximate surface area is 103 Å². The molecule has 0 aliphatic heterocycles. The predicted molar refractivity (Wildman–Crippen MR) is 73.4 cm³/mol. The van der Waals surface area contributed by atoms with Crippen molar-refractivity contribution in [2.75, 3.05) is 1.34 Å². The molecule has 84 valence electrons. The molecule has 0 N–H and O–H groups in total. The quantitative estimate of drug-likeness (QED) is 0.697. The van der Waals surface area contributed by atoms with Gasteiger partial charge in [-0.25, -0.2) is 0 Å². The Morgan fingerprint density at radius 1 is 0.933 bits per heavy atom. The van der Waals surface area contributed by atoms with Crippen molar-refractivity contribution in [3.05, 3.63) is 24.4 Å². The first-order valence-electron chi connectivity index (χ1n) is 5.44. The second-order valence-electron chi connectivity index (χ2n) is 5.86. The summed E-state index contributed by atoms with van der Waals surface area (Å²) in [5.41, 5.74) is 0. The van der Waals surface area contributed by atoms with Gasteiger partial charge in [0.2, 0.25) is 0 Å². The van der Waals surface area contributed by atoms with Crippen LogP contribution in [-0.2, 0) is 0 Å². The van der Waals surface area contributed by atoms with E-state index in [4.69, 9.17) is 0 Å². The van der Waals surface area contributed by atoms with Crippen LogP contribution in [0.15, 0.2) is 24.4 Å². The van der Waals surface area contributed by atoms with Crippen LogP contribution in [0.4, 0.5) is 5.82 Å². The number of hydrogen-bond acceptors (Lipinski definition) is 2. The molecule has 0 spiro atoms. The third kappa shape index (κ3) is 3.80. The van der Waals surface area contributed by atoms with Crippen molar-refractivity contribution in [1.29, 1.82) is 0 Å². The Bertz CT molecular complexity index is 298. The van der Waals surface area contributed by atoms with Crippen LogP contribution < -0.4 is 1.34 Å². The summed E-state index contributed by atoms with van der Waals surface area (Å²) in [4.78, 5) is 19.4. The summed E-state index contributed by atoms with van der Waals surface area (Å²) < 4.78 is 2.77. The van der Waals surface area contributed by atoms with Crippen molar-refractivity contribution < 1.29 is 0 Å². The van der Waals surface area contributed by atoms with Gasteiger partial charge in [-0.15, -0.1) is 0 Å². The number of hydrogen-bond donors (Lipinski definition) is 0. The van der Waals surface area contributed by atoms with Gasteiger partial charge in [-0.05, 0) is 0 Å². The molecule has 1 aromatic heterocycles. The second-order valence-corrected chi connectivity index (χ2v) is 36.8. The van der Waals surface area contributed by atoms with Crippen LogP contribution in [-0.4, -0.2) is 42.3 Å². The van der Waals surface area contributed by atoms with E-state index < -0.39 is 37.3 Å². The zero-order chi connectivity index (χ0) is 11.7. The third-order valence-corrected chi connectivity index (χ3v) is 36.9. The molecule has 0 aliphatic rings. The molecule has 1 rings (SSSR count). The van der Waals surface area contributed by atoms with E-state index in [-0.39, 0.29) is 0 Å². The third-order valence-electron chi connectivity index (χ3n) is 2.22. The van der Waals surface area contributed by atoms with Crippen molar-refractivity contribution >= 4 is 43.1 Å². The van der Waals surface area contributed by atoms with E-state index in [9.17, 15) is 0 Å². The number of pyridine rings is 1. The van der Waals surface area contributed by atoms with Gasteiger partial charge in [-0.2, -0.15) is 0 Å². The molecule has 0 aromatic carbocycles. The van der Waals surface area contributed by atoms with Crippen LogP contribution >= 0.6 is 0 Å². The van der Waals surface area contributed by atoms with Gasteiger partial charge in [0, 0.05) is 0 Å². The summed E-state index contributed by atoms with van der Waals surface area (Å²) in [6, 6.07) is 6.27. The molecule has 0 unspecified atom stereocenters. The average Bonchev–Trinajstić information content (AvgIpc) is 2.00.